The monoisotopic (exact) mass is 224 g/mol. The lowest BCUT2D eigenvalue weighted by molar-refractivity contribution is -0.132. The molecule has 0 unspecified atom stereocenters. The first kappa shape index (κ1) is 12.9. The summed E-state index contributed by atoms with van der Waals surface area (Å²) in [6, 6.07) is 0. The van der Waals surface area contributed by atoms with E-state index in [-0.39, 0.29) is 18.0 Å². The predicted octanol–water partition coefficient (Wildman–Crippen LogP) is 2.65. The van der Waals surface area contributed by atoms with Gasteiger partial charge in [-0.05, 0) is 20.3 Å². The fraction of sp³-hybridized carbons (Fsp3) is 0.692. The number of allylic oxidation sites excluding steroid dienone is 2. The average molecular weight is 224 g/mol. The number of hydrogen-bond donors (Lipinski definition) is 0. The Bertz CT molecular complexity index is 313. The predicted molar refractivity (Wildman–Crippen MR) is 62.0 cm³/mol. The van der Waals surface area contributed by atoms with Crippen molar-refractivity contribution in [1.29, 1.82) is 0 Å². The van der Waals surface area contributed by atoms with Gasteiger partial charge in [0.25, 0.3) is 0 Å². The molecule has 0 saturated carbocycles. The number of rotatable bonds is 5. The molecule has 3 heteroatoms. The highest BCUT2D eigenvalue weighted by Crippen LogP contribution is 2.33. The van der Waals surface area contributed by atoms with Crippen molar-refractivity contribution >= 4 is 11.6 Å². The van der Waals surface area contributed by atoms with Gasteiger partial charge in [0.15, 0.2) is 11.6 Å². The summed E-state index contributed by atoms with van der Waals surface area (Å²) in [6.45, 7) is 6.33. The first-order valence-electron chi connectivity index (χ1n) is 5.89. The second kappa shape index (κ2) is 5.28. The molecular formula is C13H20O3. The van der Waals surface area contributed by atoms with E-state index in [0.717, 1.165) is 19.3 Å². The summed E-state index contributed by atoms with van der Waals surface area (Å²) in [5.41, 5.74) is -0.639. The Morgan fingerprint density at radius 3 is 2.62 bits per heavy atom. The van der Waals surface area contributed by atoms with Crippen molar-refractivity contribution in [3.05, 3.63) is 11.8 Å². The number of hydrogen-bond acceptors (Lipinski definition) is 3. The highest BCUT2D eigenvalue weighted by Gasteiger charge is 2.38. The van der Waals surface area contributed by atoms with Gasteiger partial charge in [-0.3, -0.25) is 9.59 Å². The fourth-order valence-corrected chi connectivity index (χ4v) is 1.65. The minimum Gasteiger partial charge on any atom is -0.497 e. The molecule has 1 rings (SSSR count). The van der Waals surface area contributed by atoms with Crippen LogP contribution in [0.1, 0.15) is 46.5 Å². The molecule has 3 nitrogen and oxygen atoms in total. The summed E-state index contributed by atoms with van der Waals surface area (Å²) in [7, 11) is 0. The van der Waals surface area contributed by atoms with Crippen molar-refractivity contribution in [1.82, 2.24) is 0 Å². The molecule has 0 spiro atoms. The van der Waals surface area contributed by atoms with Crippen LogP contribution in [0.15, 0.2) is 11.8 Å². The maximum atomic E-state index is 11.7. The molecule has 0 atom stereocenters. The summed E-state index contributed by atoms with van der Waals surface area (Å²) in [4.78, 5) is 23.0. The zero-order valence-electron chi connectivity index (χ0n) is 10.3. The molecule has 16 heavy (non-hydrogen) atoms. The van der Waals surface area contributed by atoms with E-state index in [4.69, 9.17) is 4.74 Å². The van der Waals surface area contributed by atoms with Crippen molar-refractivity contribution in [2.45, 2.75) is 46.5 Å². The molecule has 0 aliphatic heterocycles. The summed E-state index contributed by atoms with van der Waals surface area (Å²) >= 11 is 0. The zero-order chi connectivity index (χ0) is 12.2. The van der Waals surface area contributed by atoms with E-state index in [1.165, 1.54) is 6.08 Å². The van der Waals surface area contributed by atoms with Crippen molar-refractivity contribution in [2.75, 3.05) is 6.61 Å². The third-order valence-electron chi connectivity index (χ3n) is 2.95. The molecule has 0 aromatic rings. The van der Waals surface area contributed by atoms with Crippen LogP contribution in [-0.2, 0) is 14.3 Å². The minimum absolute atomic E-state index is 0.00875. The van der Waals surface area contributed by atoms with Gasteiger partial charge in [-0.25, -0.2) is 0 Å². The molecule has 0 bridgehead atoms. The van der Waals surface area contributed by atoms with Crippen LogP contribution in [-0.4, -0.2) is 18.2 Å². The van der Waals surface area contributed by atoms with E-state index >= 15 is 0 Å². The highest BCUT2D eigenvalue weighted by atomic mass is 16.5. The Balaban J connectivity index is 2.61. The normalized spacial score (nSPS) is 19.6. The van der Waals surface area contributed by atoms with Crippen LogP contribution in [0.2, 0.25) is 0 Å². The Hall–Kier alpha value is -1.12. The van der Waals surface area contributed by atoms with Crippen LogP contribution in [0.3, 0.4) is 0 Å². The topological polar surface area (TPSA) is 43.4 Å². The van der Waals surface area contributed by atoms with Crippen LogP contribution in [0.4, 0.5) is 0 Å². The maximum absolute atomic E-state index is 11.7. The minimum atomic E-state index is -0.639. The van der Waals surface area contributed by atoms with Gasteiger partial charge in [-0.1, -0.05) is 19.8 Å². The van der Waals surface area contributed by atoms with Gasteiger partial charge in [-0.2, -0.15) is 0 Å². The largest absolute Gasteiger partial charge is 0.497 e. The number of Topliss-reactive ketones (excluding diaryl/α,β-unsaturated/α-hetero) is 1. The summed E-state index contributed by atoms with van der Waals surface area (Å²) in [5, 5.41) is 0. The van der Waals surface area contributed by atoms with Gasteiger partial charge < -0.3 is 4.74 Å². The number of ether oxygens (including phenoxy) is 1. The van der Waals surface area contributed by atoms with E-state index in [0.29, 0.717) is 12.4 Å². The zero-order valence-corrected chi connectivity index (χ0v) is 10.3. The number of ketones is 2. The number of unbranched alkanes of at least 4 members (excludes halogenated alkanes) is 2. The van der Waals surface area contributed by atoms with Crippen molar-refractivity contribution in [3.63, 3.8) is 0 Å². The lowest BCUT2D eigenvalue weighted by atomic mass is 9.79. The molecule has 0 fully saturated rings. The van der Waals surface area contributed by atoms with Gasteiger partial charge in [0.2, 0.25) is 0 Å². The smallest absolute Gasteiger partial charge is 0.166 e. The number of carbonyl (C=O) groups excluding carboxylic acids is 2. The Morgan fingerprint density at radius 2 is 2.00 bits per heavy atom. The Kier molecular flexibility index (Phi) is 4.27. The lowest BCUT2D eigenvalue weighted by Crippen LogP contribution is -2.33. The van der Waals surface area contributed by atoms with E-state index < -0.39 is 5.41 Å². The van der Waals surface area contributed by atoms with Crippen LogP contribution in [0, 0.1) is 5.41 Å². The summed E-state index contributed by atoms with van der Waals surface area (Å²) in [6.07, 6.45) is 4.69. The summed E-state index contributed by atoms with van der Waals surface area (Å²) in [5.74, 6) is 0.338. The Labute approximate surface area is 96.9 Å². The SMILES string of the molecule is CCCCCOC1=CC(=O)CC(=O)C1(C)C. The molecular weight excluding hydrogens is 204 g/mol. The highest BCUT2D eigenvalue weighted by molar-refractivity contribution is 6.10. The molecule has 1 aliphatic carbocycles. The van der Waals surface area contributed by atoms with E-state index in [2.05, 4.69) is 6.92 Å². The third-order valence-corrected chi connectivity index (χ3v) is 2.95. The van der Waals surface area contributed by atoms with Crippen LogP contribution in [0.5, 0.6) is 0 Å². The Morgan fingerprint density at radius 1 is 1.31 bits per heavy atom. The number of carbonyl (C=O) groups is 2. The van der Waals surface area contributed by atoms with Crippen molar-refractivity contribution < 1.29 is 14.3 Å². The van der Waals surface area contributed by atoms with Crippen LogP contribution in [0.25, 0.3) is 0 Å². The van der Waals surface area contributed by atoms with E-state index in [1.807, 2.05) is 13.8 Å². The second-order valence-electron chi connectivity index (χ2n) is 4.76. The molecule has 0 radical (unpaired) electrons. The third kappa shape index (κ3) is 2.94. The molecule has 0 aromatic heterocycles. The van der Waals surface area contributed by atoms with Gasteiger partial charge >= 0.3 is 0 Å². The molecule has 0 saturated heterocycles. The van der Waals surface area contributed by atoms with Gasteiger partial charge in [0, 0.05) is 6.08 Å². The van der Waals surface area contributed by atoms with Gasteiger partial charge in [-0.15, -0.1) is 0 Å². The first-order valence-corrected chi connectivity index (χ1v) is 5.89. The summed E-state index contributed by atoms with van der Waals surface area (Å²) < 4.78 is 5.56. The standard InChI is InChI=1S/C13H20O3/c1-4-5-6-7-16-12-9-10(14)8-11(15)13(12,2)3/h9H,4-8H2,1-3H3. The van der Waals surface area contributed by atoms with E-state index in [1.54, 1.807) is 0 Å². The van der Waals surface area contributed by atoms with E-state index in [9.17, 15) is 9.59 Å². The second-order valence-corrected chi connectivity index (χ2v) is 4.76. The van der Waals surface area contributed by atoms with Crippen LogP contribution >= 0.6 is 0 Å². The molecule has 0 aromatic carbocycles. The molecule has 0 amide bonds. The van der Waals surface area contributed by atoms with Crippen molar-refractivity contribution in [2.24, 2.45) is 5.41 Å². The van der Waals surface area contributed by atoms with Crippen LogP contribution < -0.4 is 0 Å². The fourth-order valence-electron chi connectivity index (χ4n) is 1.65. The van der Waals surface area contributed by atoms with Gasteiger partial charge in [0.05, 0.1) is 18.4 Å². The lowest BCUT2D eigenvalue weighted by Gasteiger charge is -2.29. The molecule has 90 valence electrons. The average Bonchev–Trinajstić information content (AvgIpc) is 2.20. The van der Waals surface area contributed by atoms with Gasteiger partial charge in [0.1, 0.15) is 5.76 Å². The molecule has 0 N–H and O–H groups in total. The quantitative estimate of drug-likeness (QED) is 0.532. The van der Waals surface area contributed by atoms with Crippen molar-refractivity contribution in [3.8, 4) is 0 Å². The molecule has 0 heterocycles. The maximum Gasteiger partial charge on any atom is 0.166 e. The molecule has 1 aliphatic rings. The first-order chi connectivity index (χ1) is 7.48.